The summed E-state index contributed by atoms with van der Waals surface area (Å²) in [5, 5.41) is 20.8. The summed E-state index contributed by atoms with van der Waals surface area (Å²) in [5.74, 6) is 0.276. The highest BCUT2D eigenvalue weighted by Crippen LogP contribution is 2.20. The maximum Gasteiger partial charge on any atom is 0.120 e. The largest absolute Gasteiger partial charge is 0.508 e. The van der Waals surface area contributed by atoms with Gasteiger partial charge in [0.15, 0.2) is 0 Å². The Hall–Kier alpha value is -2.20. The molecule has 19 heavy (non-hydrogen) atoms. The maximum absolute atomic E-state index is 9.30. The van der Waals surface area contributed by atoms with Crippen LogP contribution in [0.5, 0.6) is 5.75 Å². The van der Waals surface area contributed by atoms with Crippen molar-refractivity contribution in [1.29, 1.82) is 0 Å². The second kappa shape index (κ2) is 8.00. The van der Waals surface area contributed by atoms with Gasteiger partial charge in [-0.2, -0.15) is 0 Å². The van der Waals surface area contributed by atoms with Gasteiger partial charge in [0.05, 0.1) is 6.61 Å². The minimum atomic E-state index is 0.0919. The number of para-hydroxylation sites is 1. The number of hydrogen-bond donors (Lipinski definition) is 4. The van der Waals surface area contributed by atoms with E-state index in [4.69, 9.17) is 10.8 Å². The van der Waals surface area contributed by atoms with E-state index in [0.29, 0.717) is 6.54 Å². The van der Waals surface area contributed by atoms with Crippen LogP contribution in [0.3, 0.4) is 0 Å². The number of phenolic OH excluding ortho intramolecular Hbond substituents is 1. The monoisotopic (exact) mass is 260 g/mol. The molecule has 0 saturated heterocycles. The lowest BCUT2D eigenvalue weighted by atomic mass is 10.2. The quantitative estimate of drug-likeness (QED) is 0.639. The second-order valence-electron chi connectivity index (χ2n) is 4.06. The third-order valence-electron chi connectivity index (χ3n) is 2.45. The van der Waals surface area contributed by atoms with Crippen molar-refractivity contribution in [3.63, 3.8) is 0 Å². The van der Waals surface area contributed by atoms with Crippen LogP contribution in [0.1, 0.15) is 5.56 Å². The highest BCUT2D eigenvalue weighted by molar-refractivity contribution is 5.50. The van der Waals surface area contributed by atoms with Gasteiger partial charge in [-0.05, 0) is 30.7 Å². The molecule has 0 amide bonds. The first kappa shape index (κ1) is 14.9. The van der Waals surface area contributed by atoms with Crippen molar-refractivity contribution in [3.8, 4) is 5.75 Å². The van der Waals surface area contributed by atoms with Gasteiger partial charge in [0.1, 0.15) is 5.75 Å². The molecule has 0 aliphatic carbocycles. The molecule has 2 rings (SSSR count). The zero-order chi connectivity index (χ0) is 14.1. The van der Waals surface area contributed by atoms with Gasteiger partial charge < -0.3 is 21.3 Å². The molecule has 0 aliphatic rings. The van der Waals surface area contributed by atoms with Gasteiger partial charge in [0, 0.05) is 24.0 Å². The predicted molar refractivity (Wildman–Crippen MR) is 79.3 cm³/mol. The van der Waals surface area contributed by atoms with Crippen LogP contribution in [-0.4, -0.2) is 23.4 Å². The molecule has 102 valence electrons. The van der Waals surface area contributed by atoms with Gasteiger partial charge in [-0.25, -0.2) is 0 Å². The Bertz CT molecular complexity index is 487. The Labute approximate surface area is 113 Å². The fourth-order valence-electron chi connectivity index (χ4n) is 1.37. The summed E-state index contributed by atoms with van der Waals surface area (Å²) >= 11 is 0. The van der Waals surface area contributed by atoms with Crippen molar-refractivity contribution >= 4 is 11.4 Å². The van der Waals surface area contributed by atoms with Crippen molar-refractivity contribution in [2.45, 2.75) is 6.92 Å². The maximum atomic E-state index is 9.30. The normalized spacial score (nSPS) is 9.37. The van der Waals surface area contributed by atoms with Gasteiger partial charge in [0.2, 0.25) is 0 Å². The van der Waals surface area contributed by atoms with Gasteiger partial charge >= 0.3 is 0 Å². The lowest BCUT2D eigenvalue weighted by molar-refractivity contribution is 0.311. The minimum absolute atomic E-state index is 0.0919. The van der Waals surface area contributed by atoms with Gasteiger partial charge in [0.25, 0.3) is 0 Å². The van der Waals surface area contributed by atoms with Crippen LogP contribution in [0.2, 0.25) is 0 Å². The molecule has 0 aromatic heterocycles. The van der Waals surface area contributed by atoms with E-state index in [-0.39, 0.29) is 12.4 Å². The van der Waals surface area contributed by atoms with Gasteiger partial charge in [-0.15, -0.1) is 0 Å². The van der Waals surface area contributed by atoms with E-state index in [1.54, 1.807) is 6.07 Å². The van der Waals surface area contributed by atoms with Crippen molar-refractivity contribution < 1.29 is 10.2 Å². The minimum Gasteiger partial charge on any atom is -0.508 e. The highest BCUT2D eigenvalue weighted by atomic mass is 16.3. The first-order chi connectivity index (χ1) is 9.13. The number of aliphatic hydroxyl groups excluding tert-OH is 1. The molecule has 5 N–H and O–H groups in total. The Balaban J connectivity index is 0.000000218. The Kier molecular flexibility index (Phi) is 6.26. The smallest absolute Gasteiger partial charge is 0.120 e. The Morgan fingerprint density at radius 2 is 1.79 bits per heavy atom. The number of aryl methyl sites for hydroxylation is 1. The highest BCUT2D eigenvalue weighted by Gasteiger charge is 1.96. The second-order valence-corrected chi connectivity index (χ2v) is 4.06. The average Bonchev–Trinajstić information content (AvgIpc) is 2.42. The predicted octanol–water partition coefficient (Wildman–Crippen LogP) is 2.37. The van der Waals surface area contributed by atoms with Gasteiger partial charge in [-0.3, -0.25) is 0 Å². The van der Waals surface area contributed by atoms with Crippen LogP contribution < -0.4 is 11.1 Å². The van der Waals surface area contributed by atoms with E-state index in [9.17, 15) is 5.11 Å². The van der Waals surface area contributed by atoms with Crippen LogP contribution in [0.25, 0.3) is 0 Å². The Morgan fingerprint density at radius 1 is 1.11 bits per heavy atom. The third-order valence-corrected chi connectivity index (χ3v) is 2.45. The Morgan fingerprint density at radius 3 is 2.26 bits per heavy atom. The summed E-state index contributed by atoms with van der Waals surface area (Å²) < 4.78 is 0. The molecule has 0 spiro atoms. The number of aliphatic hydroxyl groups is 1. The molecule has 0 bridgehead atoms. The molecular formula is C15H20N2O2. The van der Waals surface area contributed by atoms with Crippen LogP contribution in [0.4, 0.5) is 11.4 Å². The molecular weight excluding hydrogens is 240 g/mol. The fraction of sp³-hybridized carbons (Fsp3) is 0.200. The molecule has 0 atom stereocenters. The standard InChI is InChI=1S/C9H13NO2.C6H7N/c1-7-2-3-8(6-9(7)12)10-4-5-11;7-6-4-2-1-3-5-6/h2-3,6,10-12H,4-5H2,1H3;1-5H,7H2. The number of nitrogens with one attached hydrogen (secondary N) is 1. The summed E-state index contributed by atoms with van der Waals surface area (Å²) in [6.45, 7) is 2.43. The number of aromatic hydroxyl groups is 1. The first-order valence-corrected chi connectivity index (χ1v) is 6.08. The summed E-state index contributed by atoms with van der Waals surface area (Å²) in [4.78, 5) is 0. The lowest BCUT2D eigenvalue weighted by Crippen LogP contribution is -2.04. The average molecular weight is 260 g/mol. The van der Waals surface area contributed by atoms with Crippen LogP contribution >= 0.6 is 0 Å². The number of rotatable bonds is 3. The van der Waals surface area contributed by atoms with E-state index < -0.39 is 0 Å². The van der Waals surface area contributed by atoms with E-state index in [0.717, 1.165) is 16.9 Å². The number of nitrogen functional groups attached to an aromatic ring is 1. The van der Waals surface area contributed by atoms with Crippen molar-refractivity contribution in [2.75, 3.05) is 24.2 Å². The number of phenols is 1. The van der Waals surface area contributed by atoms with E-state index >= 15 is 0 Å². The molecule has 2 aromatic rings. The van der Waals surface area contributed by atoms with E-state index in [1.165, 1.54) is 0 Å². The van der Waals surface area contributed by atoms with Crippen LogP contribution in [0, 0.1) is 6.92 Å². The number of benzene rings is 2. The van der Waals surface area contributed by atoms with E-state index in [2.05, 4.69) is 5.32 Å². The molecule has 0 saturated carbocycles. The fourth-order valence-corrected chi connectivity index (χ4v) is 1.37. The number of nitrogens with two attached hydrogens (primary N) is 1. The van der Waals surface area contributed by atoms with Crippen LogP contribution in [-0.2, 0) is 0 Å². The summed E-state index contributed by atoms with van der Waals surface area (Å²) in [5.41, 5.74) is 7.86. The molecule has 0 aliphatic heterocycles. The van der Waals surface area contributed by atoms with Gasteiger partial charge in [-0.1, -0.05) is 24.3 Å². The van der Waals surface area contributed by atoms with E-state index in [1.807, 2.05) is 49.4 Å². The van der Waals surface area contributed by atoms with Crippen molar-refractivity contribution in [1.82, 2.24) is 0 Å². The van der Waals surface area contributed by atoms with Crippen molar-refractivity contribution in [3.05, 3.63) is 54.1 Å². The molecule has 0 fully saturated rings. The van der Waals surface area contributed by atoms with Crippen LogP contribution in [0.15, 0.2) is 48.5 Å². The zero-order valence-electron chi connectivity index (χ0n) is 11.0. The zero-order valence-corrected chi connectivity index (χ0v) is 11.0. The first-order valence-electron chi connectivity index (χ1n) is 6.08. The summed E-state index contributed by atoms with van der Waals surface area (Å²) in [7, 11) is 0. The molecule has 2 aromatic carbocycles. The topological polar surface area (TPSA) is 78.5 Å². The molecule has 0 unspecified atom stereocenters. The molecule has 4 heteroatoms. The SMILES string of the molecule is Cc1ccc(NCCO)cc1O.Nc1ccccc1. The number of hydrogen-bond acceptors (Lipinski definition) is 4. The molecule has 0 radical (unpaired) electrons. The third kappa shape index (κ3) is 5.79. The summed E-state index contributed by atoms with van der Waals surface area (Å²) in [6.07, 6.45) is 0. The van der Waals surface area contributed by atoms with Crippen molar-refractivity contribution in [2.24, 2.45) is 0 Å². The lowest BCUT2D eigenvalue weighted by Gasteiger charge is -2.05. The summed E-state index contributed by atoms with van der Waals surface area (Å²) in [6, 6.07) is 14.8. The molecule has 4 nitrogen and oxygen atoms in total. The number of anilines is 2. The molecule has 0 heterocycles.